The molecule has 0 saturated heterocycles. The van der Waals surface area contributed by atoms with E-state index in [0.717, 1.165) is 0 Å². The van der Waals surface area contributed by atoms with Crippen molar-refractivity contribution in [1.29, 1.82) is 5.26 Å². The minimum absolute atomic E-state index is 0.256. The lowest BCUT2D eigenvalue weighted by Crippen LogP contribution is -2.98. The summed E-state index contributed by atoms with van der Waals surface area (Å²) in [5, 5.41) is 10.6. The highest BCUT2D eigenvalue weighted by Crippen LogP contribution is 1.89. The molecule has 0 rings (SSSR count). The normalized spacial score (nSPS) is 11.6. The molecule has 0 saturated carbocycles. The summed E-state index contributed by atoms with van der Waals surface area (Å²) >= 11 is 0. The summed E-state index contributed by atoms with van der Waals surface area (Å²) in [6.45, 7) is 8.01. The monoisotopic (exact) mass is 127 g/mol. The number of nitrogens with two attached hydrogens (primary N) is 1. The van der Waals surface area contributed by atoms with E-state index >= 15 is 0 Å². The third-order valence-electron chi connectivity index (χ3n) is 1.04. The second-order valence-electron chi connectivity index (χ2n) is 3.24. The molecule has 0 bridgehead atoms. The SMILES string of the molecule is CC(C)[NH2+]C(C)(C)C#N. The molecule has 0 heterocycles. The van der Waals surface area contributed by atoms with Crippen LogP contribution in [0, 0.1) is 11.3 Å². The van der Waals surface area contributed by atoms with E-state index in [-0.39, 0.29) is 5.54 Å². The Morgan fingerprint density at radius 1 is 1.44 bits per heavy atom. The van der Waals surface area contributed by atoms with Crippen LogP contribution in [0.5, 0.6) is 0 Å². The number of hydrogen-bond acceptors (Lipinski definition) is 1. The second kappa shape index (κ2) is 2.84. The molecule has 2 N–H and O–H groups in total. The topological polar surface area (TPSA) is 40.4 Å². The maximum absolute atomic E-state index is 8.56. The van der Waals surface area contributed by atoms with Gasteiger partial charge in [0.2, 0.25) is 0 Å². The van der Waals surface area contributed by atoms with E-state index in [2.05, 4.69) is 19.9 Å². The van der Waals surface area contributed by atoms with E-state index in [1.807, 2.05) is 19.2 Å². The summed E-state index contributed by atoms with van der Waals surface area (Å²) < 4.78 is 0. The zero-order valence-corrected chi connectivity index (χ0v) is 6.60. The molecule has 0 aromatic carbocycles. The van der Waals surface area contributed by atoms with Crippen molar-refractivity contribution in [2.45, 2.75) is 39.3 Å². The van der Waals surface area contributed by atoms with Crippen LogP contribution < -0.4 is 5.32 Å². The van der Waals surface area contributed by atoms with Gasteiger partial charge >= 0.3 is 0 Å². The highest BCUT2D eigenvalue weighted by atomic mass is 15.0. The van der Waals surface area contributed by atoms with Gasteiger partial charge < -0.3 is 5.32 Å². The van der Waals surface area contributed by atoms with E-state index in [4.69, 9.17) is 5.26 Å². The lowest BCUT2D eigenvalue weighted by molar-refractivity contribution is -0.732. The summed E-state index contributed by atoms with van der Waals surface area (Å²) in [5.74, 6) is 0. The average molecular weight is 127 g/mol. The molecule has 52 valence electrons. The maximum Gasteiger partial charge on any atom is 0.177 e. The first-order valence-electron chi connectivity index (χ1n) is 3.25. The van der Waals surface area contributed by atoms with Gasteiger partial charge in [0.1, 0.15) is 6.07 Å². The minimum Gasteiger partial charge on any atom is -0.328 e. The van der Waals surface area contributed by atoms with Gasteiger partial charge in [-0.2, -0.15) is 5.26 Å². The number of quaternary nitrogens is 1. The molecular weight excluding hydrogens is 112 g/mol. The van der Waals surface area contributed by atoms with Crippen molar-refractivity contribution in [3.05, 3.63) is 0 Å². The Kier molecular flexibility index (Phi) is 2.66. The van der Waals surface area contributed by atoms with Crippen LogP contribution >= 0.6 is 0 Å². The Morgan fingerprint density at radius 3 is 2.00 bits per heavy atom. The predicted octanol–water partition coefficient (Wildman–Crippen LogP) is 0.260. The molecule has 0 amide bonds. The molecule has 0 atom stereocenters. The predicted molar refractivity (Wildman–Crippen MR) is 36.8 cm³/mol. The molecule has 0 aliphatic rings. The summed E-state index contributed by atoms with van der Waals surface area (Å²) in [4.78, 5) is 0. The molecule has 2 nitrogen and oxygen atoms in total. The van der Waals surface area contributed by atoms with Gasteiger partial charge in [-0.3, -0.25) is 0 Å². The van der Waals surface area contributed by atoms with Crippen LogP contribution in [0.2, 0.25) is 0 Å². The standard InChI is InChI=1S/C7H14N2/c1-6(2)9-7(3,4)5-8/h6,9H,1-4H3/p+1. The maximum atomic E-state index is 8.56. The highest BCUT2D eigenvalue weighted by molar-refractivity contribution is 4.91. The Hall–Kier alpha value is -0.550. The fourth-order valence-corrected chi connectivity index (χ4v) is 0.871. The minimum atomic E-state index is -0.256. The molecule has 0 aliphatic heterocycles. The summed E-state index contributed by atoms with van der Waals surface area (Å²) in [6.07, 6.45) is 0. The number of hydrogen-bond donors (Lipinski definition) is 1. The molecule has 0 spiro atoms. The molecule has 2 heteroatoms. The third kappa shape index (κ3) is 3.99. The first kappa shape index (κ1) is 8.45. The van der Waals surface area contributed by atoms with Crippen molar-refractivity contribution in [3.8, 4) is 6.07 Å². The molecule has 0 aromatic rings. The molecule has 0 aliphatic carbocycles. The van der Waals surface area contributed by atoms with Crippen LogP contribution in [0.25, 0.3) is 0 Å². The Morgan fingerprint density at radius 2 is 1.89 bits per heavy atom. The van der Waals surface area contributed by atoms with Gasteiger partial charge in [-0.15, -0.1) is 0 Å². The van der Waals surface area contributed by atoms with Gasteiger partial charge in [0.15, 0.2) is 5.54 Å². The number of nitriles is 1. The quantitative estimate of drug-likeness (QED) is 0.568. The van der Waals surface area contributed by atoms with Crippen LogP contribution in [0.4, 0.5) is 0 Å². The van der Waals surface area contributed by atoms with Gasteiger partial charge in [0.25, 0.3) is 0 Å². The Bertz CT molecular complexity index is 119. The fourth-order valence-electron chi connectivity index (χ4n) is 0.871. The molecule has 0 aromatic heterocycles. The highest BCUT2D eigenvalue weighted by Gasteiger charge is 2.20. The summed E-state index contributed by atoms with van der Waals surface area (Å²) in [7, 11) is 0. The second-order valence-corrected chi connectivity index (χ2v) is 3.24. The number of rotatable bonds is 2. The van der Waals surface area contributed by atoms with E-state index in [0.29, 0.717) is 6.04 Å². The van der Waals surface area contributed by atoms with Gasteiger partial charge in [-0.25, -0.2) is 0 Å². The Balaban J connectivity index is 3.76. The zero-order chi connectivity index (χ0) is 7.49. The first-order valence-corrected chi connectivity index (χ1v) is 3.25. The van der Waals surface area contributed by atoms with Gasteiger partial charge in [0, 0.05) is 13.8 Å². The smallest absolute Gasteiger partial charge is 0.177 e. The molecule has 0 fully saturated rings. The summed E-state index contributed by atoms with van der Waals surface area (Å²) in [6, 6.07) is 2.72. The van der Waals surface area contributed by atoms with E-state index in [1.54, 1.807) is 0 Å². The van der Waals surface area contributed by atoms with Crippen molar-refractivity contribution >= 4 is 0 Å². The van der Waals surface area contributed by atoms with Gasteiger partial charge in [-0.05, 0) is 13.8 Å². The van der Waals surface area contributed by atoms with Crippen LogP contribution in [0.1, 0.15) is 27.7 Å². The van der Waals surface area contributed by atoms with Crippen LogP contribution in [0.3, 0.4) is 0 Å². The summed E-state index contributed by atoms with van der Waals surface area (Å²) in [5.41, 5.74) is -0.256. The van der Waals surface area contributed by atoms with E-state index in [9.17, 15) is 0 Å². The van der Waals surface area contributed by atoms with Gasteiger partial charge in [-0.1, -0.05) is 0 Å². The fraction of sp³-hybridized carbons (Fsp3) is 0.857. The van der Waals surface area contributed by atoms with Crippen molar-refractivity contribution in [1.82, 2.24) is 0 Å². The first-order chi connectivity index (χ1) is 3.98. The van der Waals surface area contributed by atoms with Crippen LogP contribution in [0.15, 0.2) is 0 Å². The lowest BCUT2D eigenvalue weighted by Gasteiger charge is -2.16. The van der Waals surface area contributed by atoms with Crippen LogP contribution in [-0.4, -0.2) is 11.6 Å². The molecule has 0 radical (unpaired) electrons. The molecular formula is C7H15N2+. The largest absolute Gasteiger partial charge is 0.328 e. The van der Waals surface area contributed by atoms with Crippen molar-refractivity contribution in [2.24, 2.45) is 0 Å². The Labute approximate surface area is 56.9 Å². The third-order valence-corrected chi connectivity index (χ3v) is 1.04. The average Bonchev–Trinajstić information content (AvgIpc) is 1.63. The van der Waals surface area contributed by atoms with E-state index in [1.165, 1.54) is 0 Å². The van der Waals surface area contributed by atoms with Crippen LogP contribution in [-0.2, 0) is 0 Å². The van der Waals surface area contributed by atoms with Crippen molar-refractivity contribution in [2.75, 3.05) is 0 Å². The molecule has 9 heavy (non-hydrogen) atoms. The number of nitrogens with zero attached hydrogens (tertiary/aromatic N) is 1. The van der Waals surface area contributed by atoms with Gasteiger partial charge in [0.05, 0.1) is 6.04 Å². The van der Waals surface area contributed by atoms with Crippen molar-refractivity contribution in [3.63, 3.8) is 0 Å². The zero-order valence-electron chi connectivity index (χ0n) is 6.60. The lowest BCUT2D eigenvalue weighted by atomic mass is 10.1. The van der Waals surface area contributed by atoms with E-state index < -0.39 is 0 Å². The molecule has 0 unspecified atom stereocenters. The van der Waals surface area contributed by atoms with Crippen molar-refractivity contribution < 1.29 is 5.32 Å².